The molecule has 0 heterocycles. The SMILES string of the molecule is CCCNC(=O)[C@@H](Cc1ccccc1)N(Cc1ccc(C)cc1)C(=O)CSCc1ccc(Cl)c(Cl)c1. The molecule has 0 fully saturated rings. The van der Waals surface area contributed by atoms with Crippen LogP contribution in [0.4, 0.5) is 0 Å². The number of hydrogen-bond donors (Lipinski definition) is 1. The van der Waals surface area contributed by atoms with Gasteiger partial charge < -0.3 is 10.2 Å². The van der Waals surface area contributed by atoms with E-state index >= 15 is 0 Å². The largest absolute Gasteiger partial charge is 0.354 e. The number of aryl methyl sites for hydroxylation is 1. The summed E-state index contributed by atoms with van der Waals surface area (Å²) in [6, 6.07) is 22.8. The highest BCUT2D eigenvalue weighted by Gasteiger charge is 2.30. The second-order valence-corrected chi connectivity index (χ2v) is 10.5. The minimum absolute atomic E-state index is 0.0757. The Bertz CT molecular complexity index is 1140. The molecule has 0 aromatic heterocycles. The summed E-state index contributed by atoms with van der Waals surface area (Å²) in [4.78, 5) is 28.7. The molecular formula is C29H32Cl2N2O2S. The van der Waals surface area contributed by atoms with E-state index in [9.17, 15) is 9.59 Å². The van der Waals surface area contributed by atoms with E-state index in [1.165, 1.54) is 11.8 Å². The van der Waals surface area contributed by atoms with E-state index in [0.717, 1.165) is 28.7 Å². The topological polar surface area (TPSA) is 49.4 Å². The number of rotatable bonds is 12. The van der Waals surface area contributed by atoms with Gasteiger partial charge in [0.15, 0.2) is 0 Å². The number of halogens is 2. The lowest BCUT2D eigenvalue weighted by molar-refractivity contribution is -0.139. The van der Waals surface area contributed by atoms with E-state index in [2.05, 4.69) is 5.32 Å². The quantitative estimate of drug-likeness (QED) is 0.277. The first-order valence-corrected chi connectivity index (χ1v) is 14.0. The van der Waals surface area contributed by atoms with Crippen molar-refractivity contribution in [1.29, 1.82) is 0 Å². The van der Waals surface area contributed by atoms with Crippen LogP contribution in [0.2, 0.25) is 10.0 Å². The van der Waals surface area contributed by atoms with Crippen molar-refractivity contribution in [1.82, 2.24) is 10.2 Å². The fourth-order valence-electron chi connectivity index (χ4n) is 3.78. The first-order chi connectivity index (χ1) is 17.4. The van der Waals surface area contributed by atoms with Gasteiger partial charge in [-0.1, -0.05) is 96.4 Å². The molecule has 3 rings (SSSR count). The van der Waals surface area contributed by atoms with Gasteiger partial charge in [0.05, 0.1) is 15.8 Å². The highest BCUT2D eigenvalue weighted by Crippen LogP contribution is 2.25. The molecule has 7 heteroatoms. The van der Waals surface area contributed by atoms with Crippen LogP contribution in [-0.4, -0.2) is 35.1 Å². The highest BCUT2D eigenvalue weighted by atomic mass is 35.5. The first-order valence-electron chi connectivity index (χ1n) is 12.1. The lowest BCUT2D eigenvalue weighted by atomic mass is 10.0. The molecule has 1 N–H and O–H groups in total. The van der Waals surface area contributed by atoms with Gasteiger partial charge in [-0.15, -0.1) is 11.8 Å². The number of nitrogens with one attached hydrogen (secondary N) is 1. The molecule has 4 nitrogen and oxygen atoms in total. The molecule has 0 saturated heterocycles. The van der Waals surface area contributed by atoms with Gasteiger partial charge in [0.25, 0.3) is 0 Å². The molecule has 2 amide bonds. The first kappa shape index (κ1) is 28.1. The zero-order valence-electron chi connectivity index (χ0n) is 20.7. The Hall–Kier alpha value is -2.47. The summed E-state index contributed by atoms with van der Waals surface area (Å²) in [5, 5.41) is 4.01. The molecule has 3 aromatic carbocycles. The standard InChI is InChI=1S/C29H32Cl2N2O2S/c1-3-15-32-29(35)27(17-22-7-5-4-6-8-22)33(18-23-11-9-21(2)10-12-23)28(34)20-36-19-24-13-14-25(30)26(31)16-24/h4-14,16,27H,3,15,17-20H2,1-2H3,(H,32,35)/t27-/m1/s1. The molecule has 0 aliphatic rings. The average Bonchev–Trinajstić information content (AvgIpc) is 2.88. The van der Waals surface area contributed by atoms with E-state index in [4.69, 9.17) is 23.2 Å². The maximum atomic E-state index is 13.6. The number of carbonyl (C=O) groups is 2. The predicted molar refractivity (Wildman–Crippen MR) is 152 cm³/mol. The van der Waals surface area contributed by atoms with Crippen LogP contribution < -0.4 is 5.32 Å². The van der Waals surface area contributed by atoms with E-state index in [1.54, 1.807) is 11.0 Å². The van der Waals surface area contributed by atoms with E-state index in [-0.39, 0.29) is 17.6 Å². The number of thioether (sulfide) groups is 1. The molecule has 3 aromatic rings. The van der Waals surface area contributed by atoms with Crippen LogP contribution in [0.5, 0.6) is 0 Å². The van der Waals surface area contributed by atoms with Crippen molar-refractivity contribution in [2.75, 3.05) is 12.3 Å². The minimum atomic E-state index is -0.613. The van der Waals surface area contributed by atoms with Crippen molar-refractivity contribution in [2.24, 2.45) is 0 Å². The number of hydrogen-bond acceptors (Lipinski definition) is 3. The van der Waals surface area contributed by atoms with E-state index in [1.807, 2.05) is 80.6 Å². The second-order valence-electron chi connectivity index (χ2n) is 8.75. The molecule has 1 atom stereocenters. The average molecular weight is 544 g/mol. The lowest BCUT2D eigenvalue weighted by Gasteiger charge is -2.31. The Morgan fingerprint density at radius 1 is 0.917 bits per heavy atom. The summed E-state index contributed by atoms with van der Waals surface area (Å²) in [6.07, 6.45) is 1.28. The van der Waals surface area contributed by atoms with Crippen molar-refractivity contribution in [3.63, 3.8) is 0 Å². The van der Waals surface area contributed by atoms with Gasteiger partial charge in [0, 0.05) is 25.3 Å². The summed E-state index contributed by atoms with van der Waals surface area (Å²) in [7, 11) is 0. The molecule has 0 bridgehead atoms. The molecule has 190 valence electrons. The maximum Gasteiger partial charge on any atom is 0.243 e. The summed E-state index contributed by atoms with van der Waals surface area (Å²) in [5.41, 5.74) is 4.15. The summed E-state index contributed by atoms with van der Waals surface area (Å²) in [6.45, 7) is 4.98. The molecule has 0 spiro atoms. The van der Waals surface area contributed by atoms with Crippen molar-refractivity contribution >= 4 is 46.8 Å². The Kier molecular flexibility index (Phi) is 11.2. The Morgan fingerprint density at radius 3 is 2.28 bits per heavy atom. The lowest BCUT2D eigenvalue weighted by Crippen LogP contribution is -2.51. The van der Waals surface area contributed by atoms with Crippen LogP contribution in [0.1, 0.15) is 35.6 Å². The van der Waals surface area contributed by atoms with Crippen LogP contribution >= 0.6 is 35.0 Å². The highest BCUT2D eigenvalue weighted by molar-refractivity contribution is 7.99. The van der Waals surface area contributed by atoms with Crippen LogP contribution in [0.3, 0.4) is 0 Å². The molecule has 0 saturated carbocycles. The number of amides is 2. The van der Waals surface area contributed by atoms with Gasteiger partial charge in [0.1, 0.15) is 6.04 Å². The zero-order chi connectivity index (χ0) is 25.9. The number of benzene rings is 3. The van der Waals surface area contributed by atoms with Crippen molar-refractivity contribution in [3.8, 4) is 0 Å². The van der Waals surface area contributed by atoms with Crippen molar-refractivity contribution in [2.45, 2.75) is 45.0 Å². The molecular weight excluding hydrogens is 511 g/mol. The smallest absolute Gasteiger partial charge is 0.243 e. The number of nitrogens with zero attached hydrogens (tertiary/aromatic N) is 1. The molecule has 0 aliphatic carbocycles. The summed E-state index contributed by atoms with van der Waals surface area (Å²) < 4.78 is 0. The van der Waals surface area contributed by atoms with E-state index < -0.39 is 6.04 Å². The van der Waals surface area contributed by atoms with Crippen molar-refractivity contribution < 1.29 is 9.59 Å². The van der Waals surface area contributed by atoms with Gasteiger partial charge in [0.2, 0.25) is 11.8 Å². The van der Waals surface area contributed by atoms with Crippen LogP contribution in [-0.2, 0) is 28.3 Å². The Morgan fingerprint density at radius 2 is 1.61 bits per heavy atom. The van der Waals surface area contributed by atoms with Gasteiger partial charge in [-0.2, -0.15) is 0 Å². The van der Waals surface area contributed by atoms with Crippen LogP contribution in [0.25, 0.3) is 0 Å². The Labute approximate surface area is 228 Å². The third-order valence-corrected chi connectivity index (χ3v) is 7.50. The number of carbonyl (C=O) groups excluding carboxylic acids is 2. The third-order valence-electron chi connectivity index (χ3n) is 5.77. The van der Waals surface area contributed by atoms with E-state index in [0.29, 0.717) is 35.3 Å². The normalized spacial score (nSPS) is 11.7. The molecule has 0 aliphatic heterocycles. The van der Waals surface area contributed by atoms with Gasteiger partial charge in [-0.3, -0.25) is 9.59 Å². The second kappa shape index (κ2) is 14.3. The summed E-state index contributed by atoms with van der Waals surface area (Å²) in [5.74, 6) is 0.661. The summed E-state index contributed by atoms with van der Waals surface area (Å²) >= 11 is 13.7. The fraction of sp³-hybridized carbons (Fsp3) is 0.310. The van der Waals surface area contributed by atoms with Gasteiger partial charge >= 0.3 is 0 Å². The Balaban J connectivity index is 1.82. The molecule has 0 unspecified atom stereocenters. The monoisotopic (exact) mass is 542 g/mol. The molecule has 36 heavy (non-hydrogen) atoms. The van der Waals surface area contributed by atoms with Crippen molar-refractivity contribution in [3.05, 3.63) is 105 Å². The third kappa shape index (κ3) is 8.58. The predicted octanol–water partition coefficient (Wildman–Crippen LogP) is 6.70. The van der Waals surface area contributed by atoms with Gasteiger partial charge in [-0.25, -0.2) is 0 Å². The molecule has 0 radical (unpaired) electrons. The maximum absolute atomic E-state index is 13.6. The van der Waals surface area contributed by atoms with Crippen LogP contribution in [0, 0.1) is 6.92 Å². The fourth-order valence-corrected chi connectivity index (χ4v) is 4.96. The minimum Gasteiger partial charge on any atom is -0.354 e. The zero-order valence-corrected chi connectivity index (χ0v) is 23.0. The van der Waals surface area contributed by atoms with Crippen LogP contribution in [0.15, 0.2) is 72.8 Å². The van der Waals surface area contributed by atoms with Gasteiger partial charge in [-0.05, 0) is 42.2 Å².